The molecule has 0 spiro atoms. The number of aliphatic hydroxyl groups is 2. The Balaban J connectivity index is 1.66. The summed E-state index contributed by atoms with van der Waals surface area (Å²) in [4.78, 5) is 13.9. The smallest absolute Gasteiger partial charge is 0.224 e. The average molecular weight is 438 g/mol. The quantitative estimate of drug-likeness (QED) is 0.501. The fourth-order valence-electron chi connectivity index (χ4n) is 4.46. The fraction of sp³-hybridized carbons (Fsp3) is 0.560. The molecule has 2 heterocycles. The van der Waals surface area contributed by atoms with E-state index in [9.17, 15) is 10.2 Å². The molecule has 0 amide bonds. The van der Waals surface area contributed by atoms with Gasteiger partial charge in [-0.15, -0.1) is 0 Å². The van der Waals surface area contributed by atoms with Crippen LogP contribution in [0.15, 0.2) is 18.8 Å². The van der Waals surface area contributed by atoms with Crippen molar-refractivity contribution in [3.63, 3.8) is 0 Å². The van der Waals surface area contributed by atoms with Gasteiger partial charge >= 0.3 is 0 Å². The highest BCUT2D eigenvalue weighted by atomic mass is 16.3. The van der Waals surface area contributed by atoms with E-state index in [4.69, 9.17) is 9.97 Å². The summed E-state index contributed by atoms with van der Waals surface area (Å²) in [5.41, 5.74) is 4.74. The Morgan fingerprint density at radius 2 is 1.91 bits per heavy atom. The van der Waals surface area contributed by atoms with Crippen LogP contribution < -0.4 is 10.6 Å². The zero-order valence-electron chi connectivity index (χ0n) is 19.6. The number of hydrogen-bond donors (Lipinski definition) is 4. The highest BCUT2D eigenvalue weighted by Crippen LogP contribution is 2.36. The molecule has 3 unspecified atom stereocenters. The van der Waals surface area contributed by atoms with E-state index in [0.717, 1.165) is 34.6 Å². The van der Waals surface area contributed by atoms with E-state index in [1.807, 2.05) is 26.1 Å². The molecule has 4 N–H and O–H groups in total. The SMILES string of the molecule is C=C(Cc1ccnc(C)c1C)c1c(C)nc(NCC2CC2)nc1NC1CCC(O)C1(C)O. The maximum Gasteiger partial charge on any atom is 0.224 e. The molecule has 2 saturated carbocycles. The van der Waals surface area contributed by atoms with Crippen LogP contribution in [0.3, 0.4) is 0 Å². The molecular formula is C25H35N5O2. The Bertz CT molecular complexity index is 1020. The molecule has 2 aromatic rings. The molecule has 4 rings (SSSR count). The second-order valence-corrected chi connectivity index (χ2v) is 9.66. The molecule has 32 heavy (non-hydrogen) atoms. The van der Waals surface area contributed by atoms with Crippen molar-refractivity contribution in [2.24, 2.45) is 5.92 Å². The molecule has 2 aromatic heterocycles. The largest absolute Gasteiger partial charge is 0.390 e. The van der Waals surface area contributed by atoms with Crippen LogP contribution in [0.2, 0.25) is 0 Å². The standard InChI is InChI=1S/C25H35N5O2/c1-14(12-19-10-11-26-16(3)15(19)2)22-17(4)28-24(27-13-18-6-7-18)30-23(22)29-20-8-9-21(31)25(20,5)32/h10-11,18,20-21,31-32H,1,6-9,12-13H2,2-5H3,(H2,27,28,29,30). The zero-order chi connectivity index (χ0) is 23.0. The summed E-state index contributed by atoms with van der Waals surface area (Å²) in [5, 5.41) is 27.9. The number of anilines is 2. The third-order valence-corrected chi connectivity index (χ3v) is 7.08. The first-order valence-electron chi connectivity index (χ1n) is 11.6. The molecule has 7 nitrogen and oxygen atoms in total. The molecule has 2 aliphatic rings. The number of nitrogens with zero attached hydrogens (tertiary/aromatic N) is 3. The number of pyridine rings is 1. The van der Waals surface area contributed by atoms with E-state index in [-0.39, 0.29) is 6.04 Å². The van der Waals surface area contributed by atoms with Gasteiger partial charge in [0.25, 0.3) is 0 Å². The highest BCUT2D eigenvalue weighted by molar-refractivity contribution is 5.77. The number of hydrogen-bond acceptors (Lipinski definition) is 7. The minimum atomic E-state index is -1.22. The lowest BCUT2D eigenvalue weighted by Gasteiger charge is -2.30. The third kappa shape index (κ3) is 4.64. The number of allylic oxidation sites excluding steroid dienone is 1. The van der Waals surface area contributed by atoms with Crippen molar-refractivity contribution >= 4 is 17.3 Å². The Hall–Kier alpha value is -2.51. The van der Waals surface area contributed by atoms with Gasteiger partial charge in [-0.05, 0) is 88.5 Å². The average Bonchev–Trinajstić information content (AvgIpc) is 3.52. The number of rotatable bonds is 8. The molecule has 0 saturated heterocycles. The second-order valence-electron chi connectivity index (χ2n) is 9.66. The van der Waals surface area contributed by atoms with Crippen LogP contribution in [0.25, 0.3) is 5.57 Å². The minimum Gasteiger partial charge on any atom is -0.390 e. The molecule has 3 atom stereocenters. The molecule has 2 aliphatic carbocycles. The van der Waals surface area contributed by atoms with Crippen molar-refractivity contribution in [1.82, 2.24) is 15.0 Å². The van der Waals surface area contributed by atoms with Crippen molar-refractivity contribution < 1.29 is 10.2 Å². The topological polar surface area (TPSA) is 103 Å². The lowest BCUT2D eigenvalue weighted by Crippen LogP contribution is -2.47. The lowest BCUT2D eigenvalue weighted by molar-refractivity contribution is -0.0439. The summed E-state index contributed by atoms with van der Waals surface area (Å²) < 4.78 is 0. The highest BCUT2D eigenvalue weighted by Gasteiger charge is 2.45. The number of aliphatic hydroxyl groups excluding tert-OH is 1. The first kappa shape index (κ1) is 22.7. The van der Waals surface area contributed by atoms with Gasteiger partial charge in [0.15, 0.2) is 0 Å². The van der Waals surface area contributed by atoms with Gasteiger partial charge in [-0.2, -0.15) is 4.98 Å². The predicted molar refractivity (Wildman–Crippen MR) is 128 cm³/mol. The summed E-state index contributed by atoms with van der Waals surface area (Å²) in [7, 11) is 0. The molecule has 7 heteroatoms. The van der Waals surface area contributed by atoms with E-state index in [1.165, 1.54) is 18.4 Å². The van der Waals surface area contributed by atoms with Gasteiger partial charge in [-0.25, -0.2) is 4.98 Å². The first-order chi connectivity index (χ1) is 15.2. The first-order valence-corrected chi connectivity index (χ1v) is 11.6. The molecule has 0 aromatic carbocycles. The molecule has 0 aliphatic heterocycles. The van der Waals surface area contributed by atoms with Crippen molar-refractivity contribution in [3.8, 4) is 0 Å². The number of aromatic nitrogens is 3. The Labute approximate surface area is 190 Å². The summed E-state index contributed by atoms with van der Waals surface area (Å²) in [6, 6.07) is 1.72. The van der Waals surface area contributed by atoms with Crippen LogP contribution in [0.1, 0.15) is 60.7 Å². The van der Waals surface area contributed by atoms with Crippen molar-refractivity contribution in [2.45, 2.75) is 77.5 Å². The van der Waals surface area contributed by atoms with Crippen molar-refractivity contribution in [1.29, 1.82) is 0 Å². The van der Waals surface area contributed by atoms with E-state index in [2.05, 4.69) is 29.1 Å². The summed E-state index contributed by atoms with van der Waals surface area (Å²) in [6.07, 6.45) is 5.44. The van der Waals surface area contributed by atoms with Crippen LogP contribution in [-0.4, -0.2) is 49.5 Å². The van der Waals surface area contributed by atoms with Gasteiger partial charge < -0.3 is 20.8 Å². The van der Waals surface area contributed by atoms with Crippen LogP contribution in [0, 0.1) is 26.7 Å². The van der Waals surface area contributed by atoms with Crippen LogP contribution >= 0.6 is 0 Å². The van der Waals surface area contributed by atoms with Gasteiger partial charge in [0.1, 0.15) is 11.4 Å². The summed E-state index contributed by atoms with van der Waals surface area (Å²) >= 11 is 0. The minimum absolute atomic E-state index is 0.306. The molecule has 0 bridgehead atoms. The molecule has 0 radical (unpaired) electrons. The molecular weight excluding hydrogens is 402 g/mol. The molecule has 2 fully saturated rings. The van der Waals surface area contributed by atoms with E-state index in [1.54, 1.807) is 6.92 Å². The molecule has 172 valence electrons. The maximum absolute atomic E-state index is 10.8. The predicted octanol–water partition coefficient (Wildman–Crippen LogP) is 3.56. The second kappa shape index (κ2) is 8.79. The van der Waals surface area contributed by atoms with Crippen LogP contribution in [0.5, 0.6) is 0 Å². The lowest BCUT2D eigenvalue weighted by atomic mass is 9.95. The fourth-order valence-corrected chi connectivity index (χ4v) is 4.46. The Morgan fingerprint density at radius 1 is 1.16 bits per heavy atom. The van der Waals surface area contributed by atoms with Gasteiger partial charge in [-0.1, -0.05) is 6.58 Å². The van der Waals surface area contributed by atoms with Gasteiger partial charge in [0, 0.05) is 24.0 Å². The third-order valence-electron chi connectivity index (χ3n) is 7.08. The van der Waals surface area contributed by atoms with Gasteiger partial charge in [0.05, 0.1) is 17.8 Å². The van der Waals surface area contributed by atoms with Crippen LogP contribution in [-0.2, 0) is 6.42 Å². The van der Waals surface area contributed by atoms with Gasteiger partial charge in [-0.3, -0.25) is 4.98 Å². The summed E-state index contributed by atoms with van der Waals surface area (Å²) in [5.74, 6) is 1.94. The van der Waals surface area contributed by atoms with E-state index >= 15 is 0 Å². The maximum atomic E-state index is 10.8. The van der Waals surface area contributed by atoms with E-state index in [0.29, 0.717) is 36.9 Å². The normalized spacial score (nSPS) is 25.1. The monoisotopic (exact) mass is 437 g/mol. The van der Waals surface area contributed by atoms with Gasteiger partial charge in [0.2, 0.25) is 5.95 Å². The Morgan fingerprint density at radius 3 is 2.56 bits per heavy atom. The number of nitrogens with one attached hydrogen (secondary N) is 2. The number of aryl methyl sites for hydroxylation is 2. The van der Waals surface area contributed by atoms with Crippen molar-refractivity contribution in [3.05, 3.63) is 46.9 Å². The van der Waals surface area contributed by atoms with E-state index < -0.39 is 11.7 Å². The van der Waals surface area contributed by atoms with Crippen LogP contribution in [0.4, 0.5) is 11.8 Å². The zero-order valence-corrected chi connectivity index (χ0v) is 19.6. The Kier molecular flexibility index (Phi) is 6.23. The van der Waals surface area contributed by atoms with Crippen molar-refractivity contribution in [2.75, 3.05) is 17.2 Å². The summed E-state index contributed by atoms with van der Waals surface area (Å²) in [6.45, 7) is 13.0.